The monoisotopic (exact) mass is 366 g/mol. The maximum absolute atomic E-state index is 4.73. The van der Waals surface area contributed by atoms with Crippen molar-refractivity contribution in [3.05, 3.63) is 114 Å². The van der Waals surface area contributed by atoms with Crippen molar-refractivity contribution in [3.8, 4) is 5.69 Å². The molecular formula is C24H22N4. The molecule has 1 aromatic heterocycles. The fraction of sp³-hybridized carbons (Fsp3) is 0.0833. The minimum Gasteiger partial charge on any atom is -0.278 e. The summed E-state index contributed by atoms with van der Waals surface area (Å²) in [5.74, 6) is 0. The molecule has 0 unspecified atom stereocenters. The molecule has 138 valence electrons. The predicted octanol–water partition coefficient (Wildman–Crippen LogP) is 5.24. The van der Waals surface area contributed by atoms with Crippen LogP contribution in [0.1, 0.15) is 17.0 Å². The summed E-state index contributed by atoms with van der Waals surface area (Å²) in [6.07, 6.45) is 0.666. The topological polar surface area (TPSA) is 42.2 Å². The van der Waals surface area contributed by atoms with E-state index >= 15 is 0 Å². The van der Waals surface area contributed by atoms with Crippen LogP contribution in [0.4, 0.5) is 5.69 Å². The molecule has 0 saturated carbocycles. The van der Waals surface area contributed by atoms with Gasteiger partial charge in [-0.05, 0) is 42.8 Å². The van der Waals surface area contributed by atoms with Gasteiger partial charge in [0.1, 0.15) is 0 Å². The van der Waals surface area contributed by atoms with E-state index in [0.29, 0.717) is 6.42 Å². The number of rotatable bonds is 6. The molecule has 0 aliphatic carbocycles. The molecule has 0 spiro atoms. The minimum absolute atomic E-state index is 0.666. The van der Waals surface area contributed by atoms with Gasteiger partial charge in [0, 0.05) is 6.42 Å². The summed E-state index contributed by atoms with van der Waals surface area (Å²) in [4.78, 5) is 0. The highest BCUT2D eigenvalue weighted by Gasteiger charge is 2.12. The van der Waals surface area contributed by atoms with Crippen LogP contribution in [-0.2, 0) is 6.42 Å². The molecule has 0 saturated heterocycles. The second kappa shape index (κ2) is 8.35. The summed E-state index contributed by atoms with van der Waals surface area (Å²) in [6, 6.07) is 32.6. The number of anilines is 1. The third-order valence-corrected chi connectivity index (χ3v) is 4.46. The van der Waals surface area contributed by atoms with E-state index in [-0.39, 0.29) is 0 Å². The maximum Gasteiger partial charge on any atom is 0.0738 e. The van der Waals surface area contributed by atoms with Crippen molar-refractivity contribution in [1.82, 2.24) is 9.78 Å². The van der Waals surface area contributed by atoms with Crippen molar-refractivity contribution < 1.29 is 0 Å². The average Bonchev–Trinajstić information content (AvgIpc) is 3.13. The average molecular weight is 366 g/mol. The Hall–Kier alpha value is -3.66. The molecule has 4 heteroatoms. The predicted molar refractivity (Wildman–Crippen MR) is 115 cm³/mol. The largest absolute Gasteiger partial charge is 0.278 e. The molecule has 0 radical (unpaired) electrons. The van der Waals surface area contributed by atoms with Gasteiger partial charge in [0.05, 0.1) is 28.5 Å². The van der Waals surface area contributed by atoms with Crippen LogP contribution < -0.4 is 5.43 Å². The molecule has 4 rings (SSSR count). The van der Waals surface area contributed by atoms with Crippen molar-refractivity contribution in [2.75, 3.05) is 5.43 Å². The summed E-state index contributed by atoms with van der Waals surface area (Å²) >= 11 is 0. The summed E-state index contributed by atoms with van der Waals surface area (Å²) in [6.45, 7) is 2.02. The lowest BCUT2D eigenvalue weighted by atomic mass is 10.1. The van der Waals surface area contributed by atoms with Gasteiger partial charge in [-0.3, -0.25) is 5.43 Å². The first kappa shape index (κ1) is 17.7. The van der Waals surface area contributed by atoms with Crippen LogP contribution in [0.25, 0.3) is 5.69 Å². The van der Waals surface area contributed by atoms with E-state index in [0.717, 1.165) is 34.0 Å². The Morgan fingerprint density at radius 3 is 2.14 bits per heavy atom. The Bertz CT molecular complexity index is 1050. The van der Waals surface area contributed by atoms with Gasteiger partial charge >= 0.3 is 0 Å². The normalized spacial score (nSPS) is 11.4. The Morgan fingerprint density at radius 1 is 0.857 bits per heavy atom. The Kier molecular flexibility index (Phi) is 5.29. The van der Waals surface area contributed by atoms with Crippen molar-refractivity contribution >= 4 is 11.4 Å². The fourth-order valence-corrected chi connectivity index (χ4v) is 3.12. The summed E-state index contributed by atoms with van der Waals surface area (Å²) in [5, 5.41) is 9.42. The van der Waals surface area contributed by atoms with Crippen molar-refractivity contribution in [2.24, 2.45) is 5.10 Å². The van der Waals surface area contributed by atoms with E-state index in [1.165, 1.54) is 0 Å². The van der Waals surface area contributed by atoms with Gasteiger partial charge in [-0.25, -0.2) is 4.68 Å². The van der Waals surface area contributed by atoms with Crippen LogP contribution in [-0.4, -0.2) is 15.5 Å². The molecule has 0 bridgehead atoms. The number of nitrogens with one attached hydrogen (secondary N) is 1. The molecule has 0 fully saturated rings. The molecule has 1 N–H and O–H groups in total. The summed E-state index contributed by atoms with van der Waals surface area (Å²) in [7, 11) is 0. The van der Waals surface area contributed by atoms with Crippen LogP contribution in [0.2, 0.25) is 0 Å². The second-order valence-electron chi connectivity index (χ2n) is 6.60. The van der Waals surface area contributed by atoms with Crippen LogP contribution in [0.3, 0.4) is 0 Å². The van der Waals surface area contributed by atoms with Gasteiger partial charge in [0.25, 0.3) is 0 Å². The SMILES string of the molecule is Cc1cc(C/C(=N/Nc2ccccc2)c2ccccc2)n(-c2ccccc2)n1. The zero-order valence-electron chi connectivity index (χ0n) is 15.8. The molecule has 0 atom stereocenters. The van der Waals surface area contributed by atoms with E-state index in [1.54, 1.807) is 0 Å². The highest BCUT2D eigenvalue weighted by Crippen LogP contribution is 2.16. The van der Waals surface area contributed by atoms with Crippen molar-refractivity contribution in [2.45, 2.75) is 13.3 Å². The molecule has 4 nitrogen and oxygen atoms in total. The number of nitrogens with zero attached hydrogens (tertiary/aromatic N) is 3. The van der Waals surface area contributed by atoms with Gasteiger partial charge in [0.15, 0.2) is 0 Å². The third kappa shape index (κ3) is 4.18. The Morgan fingerprint density at radius 2 is 1.46 bits per heavy atom. The zero-order chi connectivity index (χ0) is 19.2. The highest BCUT2D eigenvalue weighted by molar-refractivity contribution is 6.02. The van der Waals surface area contributed by atoms with Crippen LogP contribution >= 0.6 is 0 Å². The molecule has 3 aromatic carbocycles. The standard InChI is InChI=1S/C24H22N4/c1-19-17-23(28(27-19)22-15-9-4-10-16-22)18-24(20-11-5-2-6-12-20)26-25-21-13-7-3-8-14-21/h2-17,25H,18H2,1H3/b26-24-. The van der Waals surface area contributed by atoms with Crippen molar-refractivity contribution in [1.29, 1.82) is 0 Å². The number of para-hydroxylation sites is 2. The summed E-state index contributed by atoms with van der Waals surface area (Å²) in [5.41, 5.74) is 9.33. The lowest BCUT2D eigenvalue weighted by molar-refractivity contribution is 0.823. The molecule has 4 aromatic rings. The van der Waals surface area contributed by atoms with Crippen LogP contribution in [0.5, 0.6) is 0 Å². The van der Waals surface area contributed by atoms with Gasteiger partial charge < -0.3 is 0 Å². The van der Waals surface area contributed by atoms with E-state index < -0.39 is 0 Å². The number of aromatic nitrogens is 2. The minimum atomic E-state index is 0.666. The Balaban J connectivity index is 1.69. The van der Waals surface area contributed by atoms with Gasteiger partial charge in [-0.2, -0.15) is 10.2 Å². The van der Waals surface area contributed by atoms with Gasteiger partial charge in [-0.15, -0.1) is 0 Å². The lowest BCUT2D eigenvalue weighted by Crippen LogP contribution is -2.12. The smallest absolute Gasteiger partial charge is 0.0738 e. The number of aryl methyl sites for hydroxylation is 1. The number of benzene rings is 3. The first-order valence-corrected chi connectivity index (χ1v) is 9.33. The van der Waals surface area contributed by atoms with Crippen LogP contribution in [0.15, 0.2) is 102 Å². The molecule has 0 aliphatic heterocycles. The first-order chi connectivity index (χ1) is 13.8. The molecule has 1 heterocycles. The highest BCUT2D eigenvalue weighted by atomic mass is 15.3. The number of hydrogen-bond acceptors (Lipinski definition) is 3. The quantitative estimate of drug-likeness (QED) is 0.374. The Labute approximate surface area is 165 Å². The first-order valence-electron chi connectivity index (χ1n) is 9.33. The van der Waals surface area contributed by atoms with E-state index in [4.69, 9.17) is 5.10 Å². The zero-order valence-corrected chi connectivity index (χ0v) is 15.8. The van der Waals surface area contributed by atoms with Gasteiger partial charge in [-0.1, -0.05) is 66.7 Å². The molecule has 0 amide bonds. The lowest BCUT2D eigenvalue weighted by Gasteiger charge is -2.11. The van der Waals surface area contributed by atoms with Gasteiger partial charge in [0.2, 0.25) is 0 Å². The van der Waals surface area contributed by atoms with Crippen molar-refractivity contribution in [3.63, 3.8) is 0 Å². The fourth-order valence-electron chi connectivity index (χ4n) is 3.12. The van der Waals surface area contributed by atoms with E-state index in [1.807, 2.05) is 78.3 Å². The molecular weight excluding hydrogens is 344 g/mol. The summed E-state index contributed by atoms with van der Waals surface area (Å²) < 4.78 is 2.00. The van der Waals surface area contributed by atoms with Crippen LogP contribution in [0, 0.1) is 6.92 Å². The second-order valence-corrected chi connectivity index (χ2v) is 6.60. The van der Waals surface area contributed by atoms with E-state index in [2.05, 4.69) is 40.9 Å². The molecule has 28 heavy (non-hydrogen) atoms. The third-order valence-electron chi connectivity index (χ3n) is 4.46. The maximum atomic E-state index is 4.73. The number of hydrogen-bond donors (Lipinski definition) is 1. The molecule has 0 aliphatic rings. The van der Waals surface area contributed by atoms with E-state index in [9.17, 15) is 0 Å². The number of hydrazone groups is 1.